The molecule has 23 heavy (non-hydrogen) atoms. The van der Waals surface area contributed by atoms with E-state index >= 15 is 0 Å². The lowest BCUT2D eigenvalue weighted by atomic mass is 10.2. The van der Waals surface area contributed by atoms with Crippen molar-refractivity contribution in [2.45, 2.75) is 45.8 Å². The first-order valence-electron chi connectivity index (χ1n) is 7.92. The molecular weight excluding hydrogens is 302 g/mol. The highest BCUT2D eigenvalue weighted by Gasteiger charge is 2.15. The maximum atomic E-state index is 11.4. The van der Waals surface area contributed by atoms with Crippen molar-refractivity contribution in [2.24, 2.45) is 5.73 Å². The fourth-order valence-corrected chi connectivity index (χ4v) is 1.42. The summed E-state index contributed by atoms with van der Waals surface area (Å²) in [4.78, 5) is 22.7. The molecule has 0 fully saturated rings. The van der Waals surface area contributed by atoms with E-state index in [1.165, 1.54) is 0 Å². The number of carbonyl (C=O) groups excluding carboxylic acids is 2. The highest BCUT2D eigenvalue weighted by Crippen LogP contribution is 2.05. The molecule has 0 rings (SSSR count). The highest BCUT2D eigenvalue weighted by atomic mass is 16.6. The zero-order chi connectivity index (χ0) is 17.7. The molecule has 0 aromatic carbocycles. The van der Waals surface area contributed by atoms with Gasteiger partial charge in [0, 0.05) is 13.1 Å². The van der Waals surface area contributed by atoms with Gasteiger partial charge >= 0.3 is 6.09 Å². The van der Waals surface area contributed by atoms with Gasteiger partial charge in [-0.2, -0.15) is 0 Å². The molecule has 0 bridgehead atoms. The fourth-order valence-electron chi connectivity index (χ4n) is 1.42. The first kappa shape index (κ1) is 21.6. The number of amides is 2. The number of rotatable bonds is 11. The van der Waals surface area contributed by atoms with E-state index in [4.69, 9.17) is 19.9 Å². The number of hydrogen-bond donors (Lipinski definition) is 3. The normalized spacial score (nSPS) is 12.6. The first-order chi connectivity index (χ1) is 10.8. The van der Waals surface area contributed by atoms with Gasteiger partial charge in [0.25, 0.3) is 0 Å². The summed E-state index contributed by atoms with van der Waals surface area (Å²) < 4.78 is 15.7. The summed E-state index contributed by atoms with van der Waals surface area (Å²) in [5, 5.41) is 5.28. The van der Waals surface area contributed by atoms with Gasteiger partial charge in [-0.05, 0) is 27.2 Å². The molecule has 0 spiro atoms. The molecule has 2 amide bonds. The Hall–Kier alpha value is -1.38. The van der Waals surface area contributed by atoms with Gasteiger partial charge in [0.15, 0.2) is 0 Å². The molecule has 8 nitrogen and oxygen atoms in total. The van der Waals surface area contributed by atoms with Gasteiger partial charge in [0.05, 0.1) is 32.5 Å². The molecule has 0 saturated carbocycles. The molecule has 0 aliphatic carbocycles. The minimum Gasteiger partial charge on any atom is -0.444 e. The Morgan fingerprint density at radius 3 is 2.00 bits per heavy atom. The van der Waals surface area contributed by atoms with E-state index in [0.29, 0.717) is 45.9 Å². The van der Waals surface area contributed by atoms with Crippen LogP contribution in [0.15, 0.2) is 0 Å². The summed E-state index contributed by atoms with van der Waals surface area (Å²) in [5.41, 5.74) is 5.06. The number of carbonyl (C=O) groups is 2. The summed E-state index contributed by atoms with van der Waals surface area (Å²) in [6, 6.07) is -0.462. The Morgan fingerprint density at radius 1 is 1.00 bits per heavy atom. The molecule has 0 saturated heterocycles. The SMILES string of the molecule is CC[C@H](N)C(=O)NCCOCCOCCNC(=O)OC(C)(C)C. The lowest BCUT2D eigenvalue weighted by Gasteiger charge is -2.19. The average molecular weight is 333 g/mol. The van der Waals surface area contributed by atoms with Crippen molar-refractivity contribution in [1.82, 2.24) is 10.6 Å². The van der Waals surface area contributed by atoms with Gasteiger partial charge < -0.3 is 30.6 Å². The van der Waals surface area contributed by atoms with Crippen LogP contribution in [0.4, 0.5) is 4.79 Å². The summed E-state index contributed by atoms with van der Waals surface area (Å²) in [6.45, 7) is 9.69. The molecule has 8 heteroatoms. The molecule has 4 N–H and O–H groups in total. The van der Waals surface area contributed by atoms with Gasteiger partial charge in [-0.3, -0.25) is 4.79 Å². The van der Waals surface area contributed by atoms with E-state index in [1.807, 2.05) is 6.92 Å². The lowest BCUT2D eigenvalue weighted by molar-refractivity contribution is -0.122. The Morgan fingerprint density at radius 2 is 1.52 bits per heavy atom. The second-order valence-electron chi connectivity index (χ2n) is 5.96. The van der Waals surface area contributed by atoms with Crippen molar-refractivity contribution in [3.05, 3.63) is 0 Å². The van der Waals surface area contributed by atoms with Crippen molar-refractivity contribution in [3.63, 3.8) is 0 Å². The van der Waals surface area contributed by atoms with Crippen LogP contribution < -0.4 is 16.4 Å². The molecule has 0 aromatic rings. The van der Waals surface area contributed by atoms with Crippen molar-refractivity contribution in [3.8, 4) is 0 Å². The largest absolute Gasteiger partial charge is 0.444 e. The van der Waals surface area contributed by atoms with E-state index < -0.39 is 17.7 Å². The summed E-state index contributed by atoms with van der Waals surface area (Å²) >= 11 is 0. The molecule has 0 unspecified atom stereocenters. The van der Waals surface area contributed by atoms with Crippen LogP contribution in [0.5, 0.6) is 0 Å². The Bertz CT molecular complexity index is 344. The topological polar surface area (TPSA) is 112 Å². The van der Waals surface area contributed by atoms with Crippen LogP contribution in [0.1, 0.15) is 34.1 Å². The standard InChI is InChI=1S/C15H31N3O5/c1-5-12(16)13(19)17-6-8-21-10-11-22-9-7-18-14(20)23-15(2,3)4/h12H,5-11,16H2,1-4H3,(H,17,19)(H,18,20)/t12-/m0/s1. The molecule has 0 aliphatic heterocycles. The van der Waals surface area contributed by atoms with Gasteiger partial charge in [0.1, 0.15) is 5.60 Å². The van der Waals surface area contributed by atoms with Crippen molar-refractivity contribution in [1.29, 1.82) is 0 Å². The molecule has 1 atom stereocenters. The number of nitrogens with one attached hydrogen (secondary N) is 2. The third-order valence-corrected chi connectivity index (χ3v) is 2.61. The van der Waals surface area contributed by atoms with Crippen LogP contribution in [0.25, 0.3) is 0 Å². The Balaban J connectivity index is 3.34. The maximum absolute atomic E-state index is 11.4. The lowest BCUT2D eigenvalue weighted by Crippen LogP contribution is -2.41. The van der Waals surface area contributed by atoms with Gasteiger partial charge in [0.2, 0.25) is 5.91 Å². The molecule has 0 heterocycles. The molecular formula is C15H31N3O5. The quantitative estimate of drug-likeness (QED) is 0.472. The summed E-state index contributed by atoms with van der Waals surface area (Å²) in [5.74, 6) is -0.166. The third-order valence-electron chi connectivity index (χ3n) is 2.61. The van der Waals surface area contributed by atoms with Crippen LogP contribution in [0, 0.1) is 0 Å². The number of ether oxygens (including phenoxy) is 3. The fraction of sp³-hybridized carbons (Fsp3) is 0.867. The van der Waals surface area contributed by atoms with Crippen LogP contribution in [0.3, 0.4) is 0 Å². The number of nitrogens with two attached hydrogens (primary N) is 1. The van der Waals surface area contributed by atoms with Gasteiger partial charge in [-0.25, -0.2) is 4.79 Å². The zero-order valence-electron chi connectivity index (χ0n) is 14.6. The Labute approximate surface area is 138 Å². The van der Waals surface area contributed by atoms with E-state index in [0.717, 1.165) is 0 Å². The second kappa shape index (κ2) is 12.1. The number of hydrogen-bond acceptors (Lipinski definition) is 6. The predicted octanol–water partition coefficient (Wildman–Crippen LogP) is 0.398. The molecule has 0 aliphatic rings. The molecule has 0 aromatic heterocycles. The summed E-state index contributed by atoms with van der Waals surface area (Å²) in [7, 11) is 0. The minimum atomic E-state index is -0.505. The van der Waals surface area contributed by atoms with Crippen LogP contribution in [0.2, 0.25) is 0 Å². The van der Waals surface area contributed by atoms with Gasteiger partial charge in [-0.15, -0.1) is 0 Å². The second-order valence-corrected chi connectivity index (χ2v) is 5.96. The van der Waals surface area contributed by atoms with E-state index in [9.17, 15) is 9.59 Å². The summed E-state index contributed by atoms with van der Waals surface area (Å²) in [6.07, 6.45) is 0.149. The van der Waals surface area contributed by atoms with Crippen molar-refractivity contribution < 1.29 is 23.8 Å². The smallest absolute Gasteiger partial charge is 0.407 e. The van der Waals surface area contributed by atoms with E-state index in [2.05, 4.69) is 10.6 Å². The Kier molecular flexibility index (Phi) is 11.4. The van der Waals surface area contributed by atoms with Crippen molar-refractivity contribution >= 4 is 12.0 Å². The highest BCUT2D eigenvalue weighted by molar-refractivity contribution is 5.81. The van der Waals surface area contributed by atoms with Gasteiger partial charge in [-0.1, -0.05) is 6.92 Å². The monoisotopic (exact) mass is 333 g/mol. The van der Waals surface area contributed by atoms with E-state index in [1.54, 1.807) is 20.8 Å². The first-order valence-corrected chi connectivity index (χ1v) is 7.92. The number of alkyl carbamates (subject to hydrolysis) is 1. The molecule has 0 radical (unpaired) electrons. The van der Waals surface area contributed by atoms with E-state index in [-0.39, 0.29) is 5.91 Å². The molecule has 136 valence electrons. The van der Waals surface area contributed by atoms with Crippen molar-refractivity contribution in [2.75, 3.05) is 39.5 Å². The average Bonchev–Trinajstić information content (AvgIpc) is 2.46. The third kappa shape index (κ3) is 14.0. The maximum Gasteiger partial charge on any atom is 0.407 e. The minimum absolute atomic E-state index is 0.166. The van der Waals surface area contributed by atoms with Crippen LogP contribution in [-0.4, -0.2) is 63.2 Å². The zero-order valence-corrected chi connectivity index (χ0v) is 14.6. The van der Waals surface area contributed by atoms with Crippen LogP contribution >= 0.6 is 0 Å². The van der Waals surface area contributed by atoms with Crippen LogP contribution in [-0.2, 0) is 19.0 Å². The predicted molar refractivity (Wildman–Crippen MR) is 87.2 cm³/mol.